The number of quaternary nitrogens is 1. The van der Waals surface area contributed by atoms with E-state index in [1.165, 1.54) is 244 Å². The number of likely N-dealkylation sites (N-methyl/N-ethyl adjacent to an activating group) is 1. The predicted molar refractivity (Wildman–Crippen MR) is 287 cm³/mol. The Labute approximate surface area is 423 Å². The summed E-state index contributed by atoms with van der Waals surface area (Å²) in [7, 11) is 1.19. The SMILES string of the molecule is CCCCCCCCCCCCCCCCCCCCCCCCCCCCCCCCC(=O)OC(COC(=O)CCCCCCCCCCCCCCCC)COP(=O)([O-])OCC[N+](C)(C)C. The Morgan fingerprint density at radius 2 is 0.662 bits per heavy atom. The highest BCUT2D eigenvalue weighted by atomic mass is 31.2. The number of esters is 2. The number of rotatable bonds is 56. The normalized spacial score (nSPS) is 13.2. The number of carbonyl (C=O) groups excluding carboxylic acids is 2. The first-order valence-corrected chi connectivity index (χ1v) is 31.2. The summed E-state index contributed by atoms with van der Waals surface area (Å²) in [5.41, 5.74) is 0. The lowest BCUT2D eigenvalue weighted by atomic mass is 10.0. The van der Waals surface area contributed by atoms with Crippen molar-refractivity contribution in [2.75, 3.05) is 47.5 Å². The van der Waals surface area contributed by atoms with Gasteiger partial charge in [-0.15, -0.1) is 0 Å². The van der Waals surface area contributed by atoms with E-state index < -0.39 is 26.5 Å². The number of carbonyl (C=O) groups is 2. The number of nitrogens with zero attached hydrogens (tertiary/aromatic N) is 1. The molecule has 0 amide bonds. The first-order valence-electron chi connectivity index (χ1n) is 29.7. The largest absolute Gasteiger partial charge is 0.756 e. The highest BCUT2D eigenvalue weighted by Gasteiger charge is 2.22. The zero-order valence-corrected chi connectivity index (χ0v) is 47.0. The van der Waals surface area contributed by atoms with Gasteiger partial charge in [-0.2, -0.15) is 0 Å². The topological polar surface area (TPSA) is 111 Å². The van der Waals surface area contributed by atoms with Crippen LogP contribution >= 0.6 is 7.82 Å². The van der Waals surface area contributed by atoms with Crippen LogP contribution in [0, 0.1) is 0 Å². The van der Waals surface area contributed by atoms with Crippen LogP contribution in [0.4, 0.5) is 0 Å². The third-order valence-corrected chi connectivity index (χ3v) is 14.6. The minimum absolute atomic E-state index is 0.0252. The molecular weight excluding hydrogens is 870 g/mol. The van der Waals surface area contributed by atoms with Gasteiger partial charge in [-0.3, -0.25) is 14.2 Å². The molecule has 0 aromatic heterocycles. The van der Waals surface area contributed by atoms with E-state index in [2.05, 4.69) is 13.8 Å². The van der Waals surface area contributed by atoms with E-state index in [0.717, 1.165) is 32.1 Å². The Kier molecular flexibility index (Phi) is 50.2. The molecule has 0 rings (SSSR count). The highest BCUT2D eigenvalue weighted by Crippen LogP contribution is 2.38. The number of hydrogen-bond donors (Lipinski definition) is 0. The summed E-state index contributed by atoms with van der Waals surface area (Å²) in [6.45, 7) is 4.30. The van der Waals surface area contributed by atoms with Crippen LogP contribution in [-0.2, 0) is 32.7 Å². The maximum absolute atomic E-state index is 12.8. The molecule has 0 fully saturated rings. The van der Waals surface area contributed by atoms with Crippen LogP contribution < -0.4 is 4.89 Å². The summed E-state index contributed by atoms with van der Waals surface area (Å²) in [5.74, 6) is -0.811. The van der Waals surface area contributed by atoms with E-state index in [1.807, 2.05) is 21.1 Å². The summed E-state index contributed by atoms with van der Waals surface area (Å²) in [6, 6.07) is 0. The van der Waals surface area contributed by atoms with E-state index >= 15 is 0 Å². The molecule has 0 N–H and O–H groups in total. The molecule has 0 heterocycles. The van der Waals surface area contributed by atoms with E-state index in [9.17, 15) is 19.0 Å². The van der Waals surface area contributed by atoms with Gasteiger partial charge in [-0.05, 0) is 12.8 Å². The van der Waals surface area contributed by atoms with Gasteiger partial charge in [0.2, 0.25) is 0 Å². The van der Waals surface area contributed by atoms with Crippen LogP contribution in [0.3, 0.4) is 0 Å². The molecular formula is C58H116NO8P. The van der Waals surface area contributed by atoms with Crippen LogP contribution in [0.15, 0.2) is 0 Å². The number of unbranched alkanes of at least 4 members (excludes halogenated alkanes) is 42. The third kappa shape index (κ3) is 54.3. The molecule has 0 saturated heterocycles. The Balaban J connectivity index is 3.99. The Bertz CT molecular complexity index is 1120. The van der Waals surface area contributed by atoms with Gasteiger partial charge in [0.1, 0.15) is 19.8 Å². The zero-order valence-electron chi connectivity index (χ0n) is 46.1. The highest BCUT2D eigenvalue weighted by molar-refractivity contribution is 7.45. The zero-order chi connectivity index (χ0) is 49.9. The summed E-state index contributed by atoms with van der Waals surface area (Å²) in [6.07, 6.45) is 57.4. The van der Waals surface area contributed by atoms with Gasteiger partial charge in [0, 0.05) is 12.8 Å². The number of phosphoric acid groups is 1. The van der Waals surface area contributed by atoms with Gasteiger partial charge in [-0.1, -0.05) is 284 Å². The second-order valence-corrected chi connectivity index (χ2v) is 23.1. The second kappa shape index (κ2) is 50.9. The van der Waals surface area contributed by atoms with Gasteiger partial charge in [0.25, 0.3) is 7.82 Å². The van der Waals surface area contributed by atoms with Crippen LogP contribution in [0.2, 0.25) is 0 Å². The number of phosphoric ester groups is 1. The molecule has 0 bridgehead atoms. The molecule has 2 unspecified atom stereocenters. The van der Waals surface area contributed by atoms with Gasteiger partial charge in [0.15, 0.2) is 6.10 Å². The van der Waals surface area contributed by atoms with Crippen molar-refractivity contribution < 1.29 is 42.1 Å². The lowest BCUT2D eigenvalue weighted by molar-refractivity contribution is -0.870. The van der Waals surface area contributed by atoms with Crippen molar-refractivity contribution in [3.63, 3.8) is 0 Å². The van der Waals surface area contributed by atoms with Crippen LogP contribution in [0.1, 0.15) is 309 Å². The average molecular weight is 987 g/mol. The lowest BCUT2D eigenvalue weighted by Crippen LogP contribution is -2.37. The molecule has 0 aromatic carbocycles. The summed E-state index contributed by atoms with van der Waals surface area (Å²) >= 11 is 0. The fourth-order valence-corrected chi connectivity index (χ4v) is 9.74. The maximum Gasteiger partial charge on any atom is 0.306 e. The summed E-state index contributed by atoms with van der Waals surface area (Å²) in [5, 5.41) is 0. The van der Waals surface area contributed by atoms with E-state index in [1.54, 1.807) is 0 Å². The van der Waals surface area contributed by atoms with Crippen molar-refractivity contribution in [2.45, 2.75) is 315 Å². The summed E-state index contributed by atoms with van der Waals surface area (Å²) in [4.78, 5) is 37.8. The van der Waals surface area contributed by atoms with Gasteiger partial charge < -0.3 is 27.9 Å². The van der Waals surface area contributed by atoms with Crippen molar-refractivity contribution in [3.8, 4) is 0 Å². The fraction of sp³-hybridized carbons (Fsp3) is 0.966. The molecule has 9 nitrogen and oxygen atoms in total. The standard InChI is InChI=1S/C58H116NO8P/c1-6-8-10-12-14-16-18-20-22-23-24-25-26-27-28-29-30-31-32-33-34-35-36-37-39-41-43-45-47-49-51-58(61)67-56(55-66-68(62,63)65-53-52-59(3,4)5)54-64-57(60)50-48-46-44-42-40-38-21-19-17-15-13-11-9-7-2/h56H,6-55H2,1-5H3. The Hall–Kier alpha value is -0.990. The van der Waals surface area contributed by atoms with Crippen molar-refractivity contribution in [3.05, 3.63) is 0 Å². The number of hydrogen-bond acceptors (Lipinski definition) is 8. The third-order valence-electron chi connectivity index (χ3n) is 13.6. The fourth-order valence-electron chi connectivity index (χ4n) is 9.01. The van der Waals surface area contributed by atoms with Crippen molar-refractivity contribution >= 4 is 19.8 Å². The summed E-state index contributed by atoms with van der Waals surface area (Å²) < 4.78 is 34.1. The molecule has 0 saturated carbocycles. The molecule has 10 heteroatoms. The predicted octanol–water partition coefficient (Wildman–Crippen LogP) is 17.6. The minimum atomic E-state index is -4.62. The number of ether oxygens (including phenoxy) is 2. The molecule has 0 aliphatic carbocycles. The molecule has 406 valence electrons. The van der Waals surface area contributed by atoms with Gasteiger partial charge in [-0.25, -0.2) is 0 Å². The van der Waals surface area contributed by atoms with Crippen LogP contribution in [0.5, 0.6) is 0 Å². The molecule has 0 spiro atoms. The monoisotopic (exact) mass is 986 g/mol. The molecule has 0 aliphatic heterocycles. The van der Waals surface area contributed by atoms with E-state index in [-0.39, 0.29) is 32.0 Å². The van der Waals surface area contributed by atoms with Crippen LogP contribution in [-0.4, -0.2) is 70.0 Å². The first kappa shape index (κ1) is 67.0. The second-order valence-electron chi connectivity index (χ2n) is 21.7. The quantitative estimate of drug-likeness (QED) is 0.0256. The smallest absolute Gasteiger partial charge is 0.306 e. The van der Waals surface area contributed by atoms with Gasteiger partial charge >= 0.3 is 11.9 Å². The van der Waals surface area contributed by atoms with E-state index in [0.29, 0.717) is 17.4 Å². The Morgan fingerprint density at radius 1 is 0.397 bits per heavy atom. The van der Waals surface area contributed by atoms with Crippen molar-refractivity contribution in [1.82, 2.24) is 0 Å². The Morgan fingerprint density at radius 3 is 0.941 bits per heavy atom. The molecule has 2 atom stereocenters. The van der Waals surface area contributed by atoms with Crippen molar-refractivity contribution in [2.24, 2.45) is 0 Å². The average Bonchev–Trinajstić information content (AvgIpc) is 3.30. The van der Waals surface area contributed by atoms with E-state index in [4.69, 9.17) is 18.5 Å². The molecule has 0 aliphatic rings. The molecule has 0 radical (unpaired) electrons. The van der Waals surface area contributed by atoms with Crippen LogP contribution in [0.25, 0.3) is 0 Å². The molecule has 68 heavy (non-hydrogen) atoms. The minimum Gasteiger partial charge on any atom is -0.756 e. The first-order chi connectivity index (χ1) is 33.0. The lowest BCUT2D eigenvalue weighted by Gasteiger charge is -2.28. The van der Waals surface area contributed by atoms with Gasteiger partial charge in [0.05, 0.1) is 27.7 Å². The molecule has 0 aromatic rings. The van der Waals surface area contributed by atoms with Crippen molar-refractivity contribution in [1.29, 1.82) is 0 Å². The maximum atomic E-state index is 12.8.